The van der Waals surface area contributed by atoms with Crippen LogP contribution >= 0.6 is 11.3 Å². The third kappa shape index (κ3) is 2.75. The molecule has 112 valence electrons. The van der Waals surface area contributed by atoms with Crippen molar-refractivity contribution < 1.29 is 9.53 Å². The van der Waals surface area contributed by atoms with E-state index in [1.165, 1.54) is 11.3 Å². The average molecular weight is 315 g/mol. The van der Waals surface area contributed by atoms with Crippen molar-refractivity contribution in [1.29, 1.82) is 0 Å². The molecule has 2 heterocycles. The molecule has 0 saturated carbocycles. The molecule has 0 N–H and O–H groups in total. The summed E-state index contributed by atoms with van der Waals surface area (Å²) < 4.78 is 5.85. The second-order valence-corrected chi connectivity index (χ2v) is 5.58. The lowest BCUT2D eigenvalue weighted by Crippen LogP contribution is -2.28. The Bertz CT molecular complexity index is 871. The third-order valence-corrected chi connectivity index (χ3v) is 4.13. The van der Waals surface area contributed by atoms with Gasteiger partial charge in [0.25, 0.3) is 5.56 Å². The molecule has 0 atom stereocenters. The highest BCUT2D eigenvalue weighted by Crippen LogP contribution is 2.30. The Hall–Kier alpha value is -2.54. The maximum absolute atomic E-state index is 12.4. The monoisotopic (exact) mass is 315 g/mol. The van der Waals surface area contributed by atoms with Crippen molar-refractivity contribution in [2.75, 3.05) is 6.61 Å². The van der Waals surface area contributed by atoms with Crippen LogP contribution in [0.4, 0.5) is 0 Å². The minimum absolute atomic E-state index is 0.230. The fourth-order valence-corrected chi connectivity index (χ4v) is 3.03. The number of nitrogens with zero attached hydrogens (tertiary/aromatic N) is 3. The van der Waals surface area contributed by atoms with E-state index >= 15 is 0 Å². The largest absolute Gasteiger partial charge is 0.465 e. The standard InChI is InChI=1S/C15H13N3O3S/c1-2-21-13(19)9-18-15(20)11-8-12(22-14(11)16-17-18)10-6-4-3-5-7-10/h3-8H,2,9H2,1H3. The minimum Gasteiger partial charge on any atom is -0.465 e. The zero-order chi connectivity index (χ0) is 15.5. The van der Waals surface area contributed by atoms with Crippen LogP contribution in [0.15, 0.2) is 41.2 Å². The molecule has 3 rings (SSSR count). The van der Waals surface area contributed by atoms with E-state index in [0.717, 1.165) is 15.1 Å². The number of hydrogen-bond donors (Lipinski definition) is 0. The molecule has 0 aliphatic rings. The summed E-state index contributed by atoms with van der Waals surface area (Å²) in [6, 6.07) is 11.5. The van der Waals surface area contributed by atoms with Gasteiger partial charge >= 0.3 is 5.97 Å². The smallest absolute Gasteiger partial charge is 0.327 e. The fourth-order valence-electron chi connectivity index (χ4n) is 2.06. The molecule has 3 aromatic rings. The van der Waals surface area contributed by atoms with Crippen molar-refractivity contribution in [2.45, 2.75) is 13.5 Å². The van der Waals surface area contributed by atoms with E-state index in [4.69, 9.17) is 4.74 Å². The fraction of sp³-hybridized carbons (Fsp3) is 0.200. The summed E-state index contributed by atoms with van der Waals surface area (Å²) in [5, 5.41) is 8.29. The van der Waals surface area contributed by atoms with E-state index in [1.807, 2.05) is 30.3 Å². The lowest BCUT2D eigenvalue weighted by molar-refractivity contribution is -0.144. The maximum atomic E-state index is 12.4. The molecule has 0 amide bonds. The zero-order valence-corrected chi connectivity index (χ0v) is 12.7. The topological polar surface area (TPSA) is 74.1 Å². The van der Waals surface area contributed by atoms with Crippen molar-refractivity contribution in [1.82, 2.24) is 15.0 Å². The van der Waals surface area contributed by atoms with Crippen LogP contribution < -0.4 is 5.56 Å². The highest BCUT2D eigenvalue weighted by atomic mass is 32.1. The van der Waals surface area contributed by atoms with Crippen LogP contribution in [0.5, 0.6) is 0 Å². The van der Waals surface area contributed by atoms with Crippen LogP contribution in [0.2, 0.25) is 0 Å². The normalized spacial score (nSPS) is 10.8. The van der Waals surface area contributed by atoms with Gasteiger partial charge in [-0.3, -0.25) is 9.59 Å². The first-order valence-corrected chi connectivity index (χ1v) is 7.59. The van der Waals surface area contributed by atoms with Crippen molar-refractivity contribution in [3.8, 4) is 10.4 Å². The first kappa shape index (κ1) is 14.4. The summed E-state index contributed by atoms with van der Waals surface area (Å²) in [4.78, 5) is 25.4. The number of ether oxygens (including phenoxy) is 1. The summed E-state index contributed by atoms with van der Waals surface area (Å²) in [6.07, 6.45) is 0. The molecule has 0 saturated heterocycles. The van der Waals surface area contributed by atoms with Crippen LogP contribution in [-0.4, -0.2) is 27.6 Å². The highest BCUT2D eigenvalue weighted by Gasteiger charge is 2.13. The summed E-state index contributed by atoms with van der Waals surface area (Å²) >= 11 is 1.40. The number of carbonyl (C=O) groups is 1. The summed E-state index contributed by atoms with van der Waals surface area (Å²) in [6.45, 7) is 1.74. The Morgan fingerprint density at radius 1 is 1.32 bits per heavy atom. The molecular weight excluding hydrogens is 302 g/mol. The number of fused-ring (bicyclic) bond motifs is 1. The van der Waals surface area contributed by atoms with Gasteiger partial charge in [0.05, 0.1) is 12.0 Å². The molecule has 22 heavy (non-hydrogen) atoms. The minimum atomic E-state index is -0.503. The maximum Gasteiger partial charge on any atom is 0.327 e. The van der Waals surface area contributed by atoms with Gasteiger partial charge < -0.3 is 4.74 Å². The first-order chi connectivity index (χ1) is 10.7. The Morgan fingerprint density at radius 3 is 2.82 bits per heavy atom. The van der Waals surface area contributed by atoms with Gasteiger partial charge in [-0.05, 0) is 18.6 Å². The van der Waals surface area contributed by atoms with Crippen LogP contribution in [0.1, 0.15) is 6.92 Å². The van der Waals surface area contributed by atoms with E-state index in [0.29, 0.717) is 10.2 Å². The molecular formula is C15H13N3O3S. The Balaban J connectivity index is 2.01. The molecule has 0 spiro atoms. The van der Waals surface area contributed by atoms with Crippen molar-refractivity contribution in [3.63, 3.8) is 0 Å². The molecule has 6 nitrogen and oxygen atoms in total. The number of rotatable bonds is 4. The van der Waals surface area contributed by atoms with Gasteiger partial charge in [0.1, 0.15) is 6.54 Å². The Kier molecular flexibility index (Phi) is 3.97. The average Bonchev–Trinajstić information content (AvgIpc) is 2.96. The molecule has 0 unspecified atom stereocenters. The molecule has 0 radical (unpaired) electrons. The second kappa shape index (κ2) is 6.07. The van der Waals surface area contributed by atoms with E-state index in [-0.39, 0.29) is 18.7 Å². The van der Waals surface area contributed by atoms with Crippen molar-refractivity contribution in [2.24, 2.45) is 0 Å². The van der Waals surface area contributed by atoms with Gasteiger partial charge in [-0.15, -0.1) is 16.4 Å². The van der Waals surface area contributed by atoms with E-state index < -0.39 is 5.97 Å². The zero-order valence-electron chi connectivity index (χ0n) is 11.9. The van der Waals surface area contributed by atoms with E-state index in [2.05, 4.69) is 10.3 Å². The van der Waals surface area contributed by atoms with Gasteiger partial charge in [0.15, 0.2) is 4.83 Å². The van der Waals surface area contributed by atoms with Gasteiger partial charge in [-0.1, -0.05) is 35.5 Å². The highest BCUT2D eigenvalue weighted by molar-refractivity contribution is 7.21. The van der Waals surface area contributed by atoms with Crippen molar-refractivity contribution >= 4 is 27.5 Å². The summed E-state index contributed by atoms with van der Waals surface area (Å²) in [5.41, 5.74) is 0.679. The molecule has 2 aromatic heterocycles. The van der Waals surface area contributed by atoms with Crippen LogP contribution in [0.25, 0.3) is 20.7 Å². The molecule has 0 fully saturated rings. The predicted molar refractivity (Wildman–Crippen MR) is 83.7 cm³/mol. The predicted octanol–water partition coefficient (Wildman–Crippen LogP) is 2.08. The van der Waals surface area contributed by atoms with E-state index in [1.54, 1.807) is 13.0 Å². The second-order valence-electron chi connectivity index (χ2n) is 4.55. The number of benzene rings is 1. The molecule has 0 aliphatic heterocycles. The number of hydrogen-bond acceptors (Lipinski definition) is 6. The van der Waals surface area contributed by atoms with Gasteiger partial charge in [0.2, 0.25) is 0 Å². The number of carbonyl (C=O) groups excluding carboxylic acids is 1. The van der Waals surface area contributed by atoms with E-state index in [9.17, 15) is 9.59 Å². The lowest BCUT2D eigenvalue weighted by atomic mass is 10.2. The summed E-state index contributed by atoms with van der Waals surface area (Å²) in [5.74, 6) is -0.503. The van der Waals surface area contributed by atoms with Gasteiger partial charge in [-0.2, -0.15) is 4.68 Å². The lowest BCUT2D eigenvalue weighted by Gasteiger charge is -2.02. The molecule has 0 aliphatic carbocycles. The van der Waals surface area contributed by atoms with Crippen LogP contribution in [-0.2, 0) is 16.1 Å². The quantitative estimate of drug-likeness (QED) is 0.689. The van der Waals surface area contributed by atoms with Gasteiger partial charge in [-0.25, -0.2) is 0 Å². The Morgan fingerprint density at radius 2 is 2.09 bits per heavy atom. The number of thiophene rings is 1. The first-order valence-electron chi connectivity index (χ1n) is 6.77. The number of esters is 1. The van der Waals surface area contributed by atoms with Crippen LogP contribution in [0, 0.1) is 0 Å². The number of aromatic nitrogens is 3. The molecule has 1 aromatic carbocycles. The molecule has 7 heteroatoms. The van der Waals surface area contributed by atoms with Crippen LogP contribution in [0.3, 0.4) is 0 Å². The third-order valence-electron chi connectivity index (χ3n) is 3.06. The van der Waals surface area contributed by atoms with Crippen molar-refractivity contribution in [3.05, 3.63) is 46.8 Å². The Labute approximate surface area is 130 Å². The molecule has 0 bridgehead atoms. The van der Waals surface area contributed by atoms with Gasteiger partial charge in [0, 0.05) is 4.88 Å². The summed E-state index contributed by atoms with van der Waals surface area (Å²) in [7, 11) is 0. The SMILES string of the molecule is CCOC(=O)Cn1nnc2sc(-c3ccccc3)cc2c1=O.